The van der Waals surface area contributed by atoms with Crippen LogP contribution in [-0.4, -0.2) is 24.5 Å². The molecule has 2 N–H and O–H groups in total. The first kappa shape index (κ1) is 17.3. The van der Waals surface area contributed by atoms with E-state index >= 15 is 0 Å². The molecule has 4 heteroatoms. The molecule has 1 aromatic rings. The minimum Gasteiger partial charge on any atom is -0.353 e. The average molecular weight is 323 g/mol. The van der Waals surface area contributed by atoms with Gasteiger partial charge >= 0.3 is 0 Å². The third kappa shape index (κ3) is 4.72. The van der Waals surface area contributed by atoms with Gasteiger partial charge < -0.3 is 10.6 Å². The highest BCUT2D eigenvalue weighted by atomic mass is 35.5. The van der Waals surface area contributed by atoms with Crippen LogP contribution in [0.1, 0.15) is 56.4 Å². The Balaban J connectivity index is 0.00000176. The van der Waals surface area contributed by atoms with E-state index in [-0.39, 0.29) is 18.3 Å². The van der Waals surface area contributed by atoms with Gasteiger partial charge in [-0.05, 0) is 56.6 Å². The Kier molecular flexibility index (Phi) is 6.71. The Morgan fingerprint density at radius 3 is 2.45 bits per heavy atom. The van der Waals surface area contributed by atoms with Gasteiger partial charge in [-0.25, -0.2) is 0 Å². The van der Waals surface area contributed by atoms with E-state index in [2.05, 4.69) is 41.0 Å². The van der Waals surface area contributed by atoms with E-state index < -0.39 is 0 Å². The van der Waals surface area contributed by atoms with Crippen LogP contribution in [0.5, 0.6) is 0 Å². The van der Waals surface area contributed by atoms with E-state index in [9.17, 15) is 4.79 Å². The molecule has 0 spiro atoms. The van der Waals surface area contributed by atoms with Crippen molar-refractivity contribution in [2.45, 2.75) is 62.9 Å². The standard InChI is InChI=1S/C18H26N2O.ClH/c21-18(13-17-7-4-12-19-17)20-16-10-8-15(9-11-16)14-5-2-1-3-6-14;/h1-3,5-6,15-17,19H,4,7-13H2,(H,20,21);1H. The number of hydrogen-bond acceptors (Lipinski definition) is 2. The van der Waals surface area contributed by atoms with Crippen molar-refractivity contribution in [3.63, 3.8) is 0 Å². The van der Waals surface area contributed by atoms with Crippen LogP contribution < -0.4 is 10.6 Å². The van der Waals surface area contributed by atoms with E-state index in [1.807, 2.05) is 0 Å². The van der Waals surface area contributed by atoms with Crippen molar-refractivity contribution in [3.8, 4) is 0 Å². The third-order valence-electron chi connectivity index (χ3n) is 4.96. The lowest BCUT2D eigenvalue weighted by atomic mass is 9.82. The predicted octanol–water partition coefficient (Wildman–Crippen LogP) is 3.39. The number of nitrogens with one attached hydrogen (secondary N) is 2. The molecule has 1 atom stereocenters. The van der Waals surface area contributed by atoms with Crippen molar-refractivity contribution in [3.05, 3.63) is 35.9 Å². The van der Waals surface area contributed by atoms with E-state index in [0.29, 0.717) is 24.4 Å². The average Bonchev–Trinajstić information content (AvgIpc) is 3.02. The summed E-state index contributed by atoms with van der Waals surface area (Å²) in [5.74, 6) is 0.911. The lowest BCUT2D eigenvalue weighted by molar-refractivity contribution is -0.122. The second kappa shape index (κ2) is 8.54. The molecule has 0 radical (unpaired) electrons. The zero-order valence-corrected chi connectivity index (χ0v) is 13.9. The summed E-state index contributed by atoms with van der Waals surface area (Å²) >= 11 is 0. The van der Waals surface area contributed by atoms with Gasteiger partial charge in [0.1, 0.15) is 0 Å². The quantitative estimate of drug-likeness (QED) is 0.892. The number of carbonyl (C=O) groups is 1. The molecule has 1 aromatic carbocycles. The fourth-order valence-corrected chi connectivity index (χ4v) is 3.74. The minimum atomic E-state index is 0. The number of rotatable bonds is 4. The highest BCUT2D eigenvalue weighted by Crippen LogP contribution is 2.32. The van der Waals surface area contributed by atoms with Crippen LogP contribution in [-0.2, 0) is 4.79 Å². The summed E-state index contributed by atoms with van der Waals surface area (Å²) < 4.78 is 0. The maximum absolute atomic E-state index is 12.1. The van der Waals surface area contributed by atoms with Gasteiger partial charge in [0.05, 0.1) is 0 Å². The third-order valence-corrected chi connectivity index (χ3v) is 4.96. The van der Waals surface area contributed by atoms with Crippen molar-refractivity contribution < 1.29 is 4.79 Å². The number of halogens is 1. The SMILES string of the molecule is Cl.O=C(CC1CCCN1)NC1CCC(c2ccccc2)CC1. The molecule has 1 saturated heterocycles. The molecule has 0 aromatic heterocycles. The van der Waals surface area contributed by atoms with Gasteiger partial charge in [-0.2, -0.15) is 0 Å². The molecule has 1 heterocycles. The molecule has 3 rings (SSSR count). The Morgan fingerprint density at radius 1 is 1.09 bits per heavy atom. The predicted molar refractivity (Wildman–Crippen MR) is 92.5 cm³/mol. The van der Waals surface area contributed by atoms with Gasteiger partial charge in [-0.3, -0.25) is 4.79 Å². The number of benzene rings is 1. The Hall–Kier alpha value is -1.06. The van der Waals surface area contributed by atoms with Crippen LogP contribution in [0.25, 0.3) is 0 Å². The van der Waals surface area contributed by atoms with Gasteiger partial charge in [0.2, 0.25) is 5.91 Å². The van der Waals surface area contributed by atoms with E-state index in [4.69, 9.17) is 0 Å². The Bertz CT molecular complexity index is 451. The van der Waals surface area contributed by atoms with Crippen molar-refractivity contribution in [1.82, 2.24) is 10.6 Å². The Labute approximate surface area is 139 Å². The largest absolute Gasteiger partial charge is 0.353 e. The molecule has 2 fully saturated rings. The van der Waals surface area contributed by atoms with Crippen LogP contribution in [0.15, 0.2) is 30.3 Å². The second-order valence-corrected chi connectivity index (χ2v) is 6.52. The molecule has 0 bridgehead atoms. The van der Waals surface area contributed by atoms with E-state index in [1.165, 1.54) is 24.8 Å². The molecule has 1 unspecified atom stereocenters. The van der Waals surface area contributed by atoms with Gasteiger partial charge in [0.25, 0.3) is 0 Å². The summed E-state index contributed by atoms with van der Waals surface area (Å²) in [4.78, 5) is 12.1. The van der Waals surface area contributed by atoms with Crippen molar-refractivity contribution in [2.75, 3.05) is 6.54 Å². The first-order valence-corrected chi connectivity index (χ1v) is 8.39. The zero-order valence-electron chi connectivity index (χ0n) is 13.1. The molecule has 122 valence electrons. The topological polar surface area (TPSA) is 41.1 Å². The van der Waals surface area contributed by atoms with Crippen LogP contribution in [0.3, 0.4) is 0 Å². The fraction of sp³-hybridized carbons (Fsp3) is 0.611. The number of amides is 1. The summed E-state index contributed by atoms with van der Waals surface area (Å²) in [5.41, 5.74) is 1.46. The first-order valence-electron chi connectivity index (χ1n) is 8.39. The van der Waals surface area contributed by atoms with Gasteiger partial charge in [0, 0.05) is 18.5 Å². The van der Waals surface area contributed by atoms with Gasteiger partial charge in [-0.1, -0.05) is 30.3 Å². The summed E-state index contributed by atoms with van der Waals surface area (Å²) in [7, 11) is 0. The van der Waals surface area contributed by atoms with Gasteiger partial charge in [0.15, 0.2) is 0 Å². The molecule has 2 aliphatic rings. The minimum absolute atomic E-state index is 0. The normalized spacial score (nSPS) is 27.9. The molecule has 1 aliphatic heterocycles. The summed E-state index contributed by atoms with van der Waals surface area (Å²) in [6.45, 7) is 1.07. The lowest BCUT2D eigenvalue weighted by Gasteiger charge is -2.29. The molecule has 22 heavy (non-hydrogen) atoms. The summed E-state index contributed by atoms with van der Waals surface area (Å²) in [5, 5.41) is 6.63. The zero-order chi connectivity index (χ0) is 14.5. The van der Waals surface area contributed by atoms with Crippen LogP contribution in [0, 0.1) is 0 Å². The fourth-order valence-electron chi connectivity index (χ4n) is 3.74. The molecular formula is C18H27ClN2O. The molecule has 3 nitrogen and oxygen atoms in total. The molecule has 1 amide bonds. The maximum Gasteiger partial charge on any atom is 0.221 e. The smallest absolute Gasteiger partial charge is 0.221 e. The van der Waals surface area contributed by atoms with Crippen molar-refractivity contribution in [2.24, 2.45) is 0 Å². The molecular weight excluding hydrogens is 296 g/mol. The first-order chi connectivity index (χ1) is 10.3. The number of hydrogen-bond donors (Lipinski definition) is 2. The maximum atomic E-state index is 12.1. The second-order valence-electron chi connectivity index (χ2n) is 6.52. The van der Waals surface area contributed by atoms with Crippen LogP contribution in [0.2, 0.25) is 0 Å². The van der Waals surface area contributed by atoms with E-state index in [1.54, 1.807) is 0 Å². The van der Waals surface area contributed by atoms with Crippen molar-refractivity contribution in [1.29, 1.82) is 0 Å². The monoisotopic (exact) mass is 322 g/mol. The van der Waals surface area contributed by atoms with Crippen LogP contribution >= 0.6 is 12.4 Å². The van der Waals surface area contributed by atoms with Crippen molar-refractivity contribution >= 4 is 18.3 Å². The highest BCUT2D eigenvalue weighted by Gasteiger charge is 2.24. The van der Waals surface area contributed by atoms with Crippen LogP contribution in [0.4, 0.5) is 0 Å². The summed E-state index contributed by atoms with van der Waals surface area (Å²) in [6.07, 6.45) is 7.62. The van der Waals surface area contributed by atoms with Gasteiger partial charge in [-0.15, -0.1) is 12.4 Å². The molecule has 1 saturated carbocycles. The van der Waals surface area contributed by atoms with E-state index in [0.717, 1.165) is 25.8 Å². The number of carbonyl (C=O) groups excluding carboxylic acids is 1. The Morgan fingerprint density at radius 2 is 1.82 bits per heavy atom. The highest BCUT2D eigenvalue weighted by molar-refractivity contribution is 5.85. The summed E-state index contributed by atoms with van der Waals surface area (Å²) in [6, 6.07) is 11.6. The lowest BCUT2D eigenvalue weighted by Crippen LogP contribution is -2.40. The molecule has 1 aliphatic carbocycles.